The van der Waals surface area contributed by atoms with Crippen LogP contribution in [0.2, 0.25) is 0 Å². The van der Waals surface area contributed by atoms with E-state index in [0.29, 0.717) is 5.76 Å². The molecule has 1 aromatic carbocycles. The van der Waals surface area contributed by atoms with Crippen molar-refractivity contribution in [3.63, 3.8) is 0 Å². The number of furan rings is 1. The Morgan fingerprint density at radius 3 is 2.35 bits per heavy atom. The van der Waals surface area contributed by atoms with Crippen molar-refractivity contribution in [2.24, 2.45) is 17.8 Å². The predicted molar refractivity (Wildman–Crippen MR) is 114 cm³/mol. The van der Waals surface area contributed by atoms with Crippen molar-refractivity contribution < 1.29 is 18.7 Å². The molecule has 0 unspecified atom stereocenters. The van der Waals surface area contributed by atoms with Gasteiger partial charge in [0.2, 0.25) is 5.91 Å². The number of carbonyl (C=O) groups excluding carboxylic acids is 2. The molecule has 2 bridgehead atoms. The molecule has 5 heteroatoms. The third-order valence-corrected chi connectivity index (χ3v) is 8.15. The normalized spacial score (nSPS) is 42.9. The van der Waals surface area contributed by atoms with Crippen LogP contribution in [-0.2, 0) is 14.3 Å². The van der Waals surface area contributed by atoms with Crippen molar-refractivity contribution in [3.05, 3.63) is 71.7 Å². The summed E-state index contributed by atoms with van der Waals surface area (Å²) in [5.41, 5.74) is -0.246. The van der Waals surface area contributed by atoms with E-state index in [1.165, 1.54) is 0 Å². The molecule has 1 aromatic heterocycles. The summed E-state index contributed by atoms with van der Waals surface area (Å²) in [5.74, 6) is 0.611. The van der Waals surface area contributed by atoms with Crippen LogP contribution in [0.4, 0.5) is 0 Å². The molecule has 0 aliphatic carbocycles. The quantitative estimate of drug-likeness (QED) is 0.688. The highest BCUT2D eigenvalue weighted by atomic mass is 16.5. The highest BCUT2D eigenvalue weighted by Crippen LogP contribution is 2.66. The first-order valence-electron chi connectivity index (χ1n) is 11.2. The Hall–Kier alpha value is -2.66. The van der Waals surface area contributed by atoms with E-state index in [1.807, 2.05) is 56.0 Å². The van der Waals surface area contributed by atoms with Gasteiger partial charge in [-0.25, -0.2) is 0 Å². The Kier molecular flexibility index (Phi) is 3.67. The molecule has 0 N–H and O–H groups in total. The summed E-state index contributed by atoms with van der Waals surface area (Å²) in [5, 5.41) is 0. The molecule has 1 spiro atoms. The van der Waals surface area contributed by atoms with Crippen molar-refractivity contribution in [3.8, 4) is 0 Å². The van der Waals surface area contributed by atoms with E-state index in [0.717, 1.165) is 11.3 Å². The maximum atomic E-state index is 14.2. The minimum Gasteiger partial charge on any atom is -0.464 e. The summed E-state index contributed by atoms with van der Waals surface area (Å²) >= 11 is 0. The lowest BCUT2D eigenvalue weighted by Gasteiger charge is -2.46. The second kappa shape index (κ2) is 5.98. The van der Waals surface area contributed by atoms with Gasteiger partial charge in [0.05, 0.1) is 23.6 Å². The van der Waals surface area contributed by atoms with Gasteiger partial charge in [0, 0.05) is 17.8 Å². The number of carbonyl (C=O) groups is 2. The van der Waals surface area contributed by atoms with Gasteiger partial charge in [-0.05, 0) is 31.5 Å². The molecule has 5 nitrogen and oxygen atoms in total. The van der Waals surface area contributed by atoms with Gasteiger partial charge < -0.3 is 14.1 Å². The topological polar surface area (TPSA) is 59.8 Å². The van der Waals surface area contributed by atoms with Crippen LogP contribution in [0.3, 0.4) is 0 Å². The first-order chi connectivity index (χ1) is 14.8. The summed E-state index contributed by atoms with van der Waals surface area (Å²) in [6.07, 6.45) is 4.18. The van der Waals surface area contributed by atoms with Crippen LogP contribution in [-0.4, -0.2) is 33.8 Å². The number of Topliss-reactive ketones (excluding diaryl/α,β-unsaturated/α-hetero) is 1. The van der Waals surface area contributed by atoms with Crippen LogP contribution in [0.5, 0.6) is 0 Å². The summed E-state index contributed by atoms with van der Waals surface area (Å²) in [4.78, 5) is 29.5. The number of hydrogen-bond donors (Lipinski definition) is 0. The van der Waals surface area contributed by atoms with Crippen LogP contribution >= 0.6 is 0 Å². The third-order valence-electron chi connectivity index (χ3n) is 8.15. The number of hydrogen-bond acceptors (Lipinski definition) is 4. The van der Waals surface area contributed by atoms with Gasteiger partial charge >= 0.3 is 0 Å². The molecule has 2 aromatic rings. The minimum absolute atomic E-state index is 0.0668. The van der Waals surface area contributed by atoms with Crippen molar-refractivity contribution >= 4 is 11.7 Å². The molecule has 0 saturated carbocycles. The molecule has 160 valence electrons. The fourth-order valence-electron chi connectivity index (χ4n) is 6.95. The van der Waals surface area contributed by atoms with Gasteiger partial charge in [0.1, 0.15) is 22.9 Å². The number of nitrogens with zero attached hydrogens (tertiary/aromatic N) is 1. The molecule has 5 heterocycles. The molecule has 1 amide bonds. The predicted octanol–water partition coefficient (Wildman–Crippen LogP) is 4.19. The minimum atomic E-state index is -0.790. The Labute approximate surface area is 182 Å². The molecule has 8 atom stereocenters. The van der Waals surface area contributed by atoms with Crippen molar-refractivity contribution in [1.29, 1.82) is 0 Å². The van der Waals surface area contributed by atoms with Gasteiger partial charge in [0.25, 0.3) is 0 Å². The number of aryl methyl sites for hydroxylation is 1. The lowest BCUT2D eigenvalue weighted by Crippen LogP contribution is -2.58. The third kappa shape index (κ3) is 2.20. The fourth-order valence-corrected chi connectivity index (χ4v) is 6.95. The van der Waals surface area contributed by atoms with Gasteiger partial charge in [-0.15, -0.1) is 0 Å². The molecule has 6 rings (SSSR count). The summed E-state index contributed by atoms with van der Waals surface area (Å²) in [6.45, 7) is 7.82. The zero-order chi connectivity index (χ0) is 21.7. The zero-order valence-electron chi connectivity index (χ0n) is 18.2. The Bertz CT molecular complexity index is 1120. The van der Waals surface area contributed by atoms with E-state index in [4.69, 9.17) is 9.15 Å². The second-order valence-corrected chi connectivity index (χ2v) is 9.90. The average Bonchev–Trinajstić information content (AvgIpc) is 3.46. The number of rotatable bonds is 2. The van der Waals surface area contributed by atoms with Gasteiger partial charge in [-0.1, -0.05) is 56.3 Å². The fraction of sp³-hybridized carbons (Fsp3) is 0.462. The van der Waals surface area contributed by atoms with Crippen LogP contribution < -0.4 is 0 Å². The van der Waals surface area contributed by atoms with Crippen molar-refractivity contribution in [2.45, 2.75) is 56.9 Å². The first kappa shape index (κ1) is 19.1. The van der Waals surface area contributed by atoms with E-state index in [-0.39, 0.29) is 41.4 Å². The van der Waals surface area contributed by atoms with E-state index in [1.54, 1.807) is 0 Å². The molecule has 3 saturated heterocycles. The monoisotopic (exact) mass is 417 g/mol. The number of piperidine rings is 1. The van der Waals surface area contributed by atoms with Gasteiger partial charge in [-0.3, -0.25) is 9.59 Å². The maximum absolute atomic E-state index is 14.2. The van der Waals surface area contributed by atoms with Gasteiger partial charge in [-0.2, -0.15) is 0 Å². The highest BCUT2D eigenvalue weighted by molar-refractivity contribution is 5.94. The van der Waals surface area contributed by atoms with E-state index >= 15 is 0 Å². The molecule has 31 heavy (non-hydrogen) atoms. The summed E-state index contributed by atoms with van der Waals surface area (Å²) < 4.78 is 12.7. The molecule has 4 aliphatic rings. The Balaban J connectivity index is 1.54. The highest BCUT2D eigenvalue weighted by Gasteiger charge is 2.76. The maximum Gasteiger partial charge on any atom is 0.230 e. The lowest BCUT2D eigenvalue weighted by molar-refractivity contribution is -0.154. The van der Waals surface area contributed by atoms with E-state index in [2.05, 4.69) is 31.2 Å². The van der Waals surface area contributed by atoms with Gasteiger partial charge in [0.15, 0.2) is 0 Å². The number of ether oxygens (including phenoxy) is 1. The van der Waals surface area contributed by atoms with E-state index in [9.17, 15) is 9.59 Å². The van der Waals surface area contributed by atoms with Crippen LogP contribution in [0.25, 0.3) is 0 Å². The number of amides is 1. The largest absolute Gasteiger partial charge is 0.464 e. The van der Waals surface area contributed by atoms with Crippen LogP contribution in [0.1, 0.15) is 49.8 Å². The number of fused-ring (bicyclic) bond motifs is 2. The average molecular weight is 418 g/mol. The standard InChI is InChI=1S/C26H27NO4/c1-14-10-11-18(30-14)21-15(2)22(28)16(3)23-26-13-12-25(4,31-26)19(17-8-6-5-7-9-17)20(26)24(29)27(21)23/h5-13,15-16,19-21,23H,1-4H3/t15-,16-,19+,20-,21+,23-,25+,26-/m0/s1. The molecule has 0 radical (unpaired) electrons. The molecule has 4 aliphatic heterocycles. The number of ketones is 1. The van der Waals surface area contributed by atoms with Crippen LogP contribution in [0, 0.1) is 24.7 Å². The Morgan fingerprint density at radius 1 is 0.935 bits per heavy atom. The SMILES string of the molecule is Cc1ccc([C@H]2[C@H](C)C(=O)[C@H](C)[C@@H]3N2C(=O)[C@@H]2[C@@H](c4ccccc4)[C@@]4(C)C=C[C@]23O4)o1. The molecular weight excluding hydrogens is 390 g/mol. The summed E-state index contributed by atoms with van der Waals surface area (Å²) in [6, 6.07) is 13.2. The number of benzene rings is 1. The summed E-state index contributed by atoms with van der Waals surface area (Å²) in [7, 11) is 0. The van der Waals surface area contributed by atoms with Crippen molar-refractivity contribution in [2.75, 3.05) is 0 Å². The lowest BCUT2D eigenvalue weighted by atomic mass is 9.66. The molecule has 3 fully saturated rings. The first-order valence-corrected chi connectivity index (χ1v) is 11.2. The smallest absolute Gasteiger partial charge is 0.230 e. The Morgan fingerprint density at radius 2 is 1.68 bits per heavy atom. The van der Waals surface area contributed by atoms with Crippen molar-refractivity contribution in [1.82, 2.24) is 4.90 Å². The molecular formula is C26H27NO4. The second-order valence-electron chi connectivity index (χ2n) is 9.90. The zero-order valence-corrected chi connectivity index (χ0v) is 18.2. The van der Waals surface area contributed by atoms with Crippen LogP contribution in [0.15, 0.2) is 59.0 Å². The van der Waals surface area contributed by atoms with E-state index < -0.39 is 17.2 Å².